The predicted octanol–water partition coefficient (Wildman–Crippen LogP) is 4.94. The van der Waals surface area contributed by atoms with Crippen LogP contribution in [0.25, 0.3) is 11.5 Å². The van der Waals surface area contributed by atoms with Gasteiger partial charge in [0.15, 0.2) is 5.69 Å². The molecule has 1 aliphatic carbocycles. The fourth-order valence-electron chi connectivity index (χ4n) is 3.65. The zero-order chi connectivity index (χ0) is 22.9. The van der Waals surface area contributed by atoms with Gasteiger partial charge in [0.05, 0.1) is 5.02 Å². The van der Waals surface area contributed by atoms with E-state index >= 15 is 0 Å². The summed E-state index contributed by atoms with van der Waals surface area (Å²) in [4.78, 5) is 30.4. The van der Waals surface area contributed by atoms with Crippen molar-refractivity contribution in [3.63, 3.8) is 0 Å². The van der Waals surface area contributed by atoms with Crippen LogP contribution in [-0.4, -0.2) is 34.3 Å². The Labute approximate surface area is 194 Å². The topological polar surface area (TPSA) is 84.7 Å². The molecule has 9 heteroatoms. The summed E-state index contributed by atoms with van der Waals surface area (Å²) in [5.74, 6) is 0.162. The molecule has 0 spiro atoms. The number of halogens is 2. The molecule has 1 aromatic heterocycles. The number of oxazole rings is 1. The zero-order valence-corrected chi connectivity index (χ0v) is 18.4. The Kier molecular flexibility index (Phi) is 5.76. The van der Waals surface area contributed by atoms with Crippen LogP contribution in [-0.2, 0) is 11.3 Å². The van der Waals surface area contributed by atoms with E-state index in [0.29, 0.717) is 30.8 Å². The molecule has 33 heavy (non-hydrogen) atoms. The van der Waals surface area contributed by atoms with Crippen LogP contribution in [0.4, 0.5) is 4.39 Å². The molecule has 2 aliphatic rings. The van der Waals surface area contributed by atoms with Gasteiger partial charge in [0, 0.05) is 42.7 Å². The first kappa shape index (κ1) is 21.5. The molecule has 2 fully saturated rings. The van der Waals surface area contributed by atoms with Crippen molar-refractivity contribution in [1.82, 2.24) is 15.2 Å². The molecule has 2 heterocycles. The molecular weight excluding hydrogens is 449 g/mol. The van der Waals surface area contributed by atoms with Crippen molar-refractivity contribution in [1.29, 1.82) is 0 Å². The predicted molar refractivity (Wildman–Crippen MR) is 119 cm³/mol. The van der Waals surface area contributed by atoms with Crippen LogP contribution in [0.1, 0.15) is 41.7 Å². The van der Waals surface area contributed by atoms with Gasteiger partial charge in [0.2, 0.25) is 11.8 Å². The number of carbonyl (C=O) groups is 2. The van der Waals surface area contributed by atoms with E-state index in [-0.39, 0.29) is 40.2 Å². The first-order valence-electron chi connectivity index (χ1n) is 10.8. The molecule has 2 amide bonds. The second-order valence-corrected chi connectivity index (χ2v) is 8.61. The summed E-state index contributed by atoms with van der Waals surface area (Å²) in [6.45, 7) is 1.04. The number of nitrogens with one attached hydrogen (secondary N) is 1. The highest BCUT2D eigenvalue weighted by Crippen LogP contribution is 2.33. The number of rotatable bonds is 7. The highest BCUT2D eigenvalue weighted by Gasteiger charge is 2.26. The van der Waals surface area contributed by atoms with Gasteiger partial charge in [-0.3, -0.25) is 9.59 Å². The lowest BCUT2D eigenvalue weighted by atomic mass is 10.1. The SMILES string of the molecule is O=C(NC1CC1)c1coc(-c2ccc(CN3CCCC3=O)c(Oc3ccc(Cl)c(F)c3)c2)n1. The molecule has 2 aromatic carbocycles. The van der Waals surface area contributed by atoms with Crippen LogP contribution in [0, 0.1) is 5.82 Å². The van der Waals surface area contributed by atoms with Gasteiger partial charge in [-0.15, -0.1) is 0 Å². The minimum atomic E-state index is -0.597. The minimum absolute atomic E-state index is 0.00391. The summed E-state index contributed by atoms with van der Waals surface area (Å²) in [5, 5.41) is 2.87. The maximum Gasteiger partial charge on any atom is 0.273 e. The summed E-state index contributed by atoms with van der Waals surface area (Å²) in [5.41, 5.74) is 1.54. The Balaban J connectivity index is 1.44. The number of carbonyl (C=O) groups excluding carboxylic acids is 2. The molecule has 1 saturated heterocycles. The summed E-state index contributed by atoms with van der Waals surface area (Å²) in [6, 6.07) is 9.70. The molecule has 0 unspecified atom stereocenters. The van der Waals surface area contributed by atoms with Crippen molar-refractivity contribution in [2.45, 2.75) is 38.3 Å². The van der Waals surface area contributed by atoms with E-state index in [1.165, 1.54) is 18.4 Å². The van der Waals surface area contributed by atoms with E-state index in [1.54, 1.807) is 23.1 Å². The lowest BCUT2D eigenvalue weighted by Crippen LogP contribution is -2.25. The van der Waals surface area contributed by atoms with Gasteiger partial charge in [-0.2, -0.15) is 0 Å². The molecule has 170 valence electrons. The van der Waals surface area contributed by atoms with E-state index in [2.05, 4.69) is 10.3 Å². The Morgan fingerprint density at radius 1 is 1.27 bits per heavy atom. The van der Waals surface area contributed by atoms with Crippen LogP contribution in [0.15, 0.2) is 47.1 Å². The number of hydrogen-bond donors (Lipinski definition) is 1. The molecule has 7 nitrogen and oxygen atoms in total. The maximum absolute atomic E-state index is 14.0. The van der Waals surface area contributed by atoms with Gasteiger partial charge in [-0.05, 0) is 43.5 Å². The molecule has 5 rings (SSSR count). The average molecular weight is 470 g/mol. The number of nitrogens with zero attached hydrogens (tertiary/aromatic N) is 2. The van der Waals surface area contributed by atoms with E-state index in [1.807, 2.05) is 6.07 Å². The third kappa shape index (κ3) is 4.85. The number of aromatic nitrogens is 1. The molecular formula is C24H21ClFN3O4. The zero-order valence-electron chi connectivity index (χ0n) is 17.6. The molecule has 1 aliphatic heterocycles. The summed E-state index contributed by atoms with van der Waals surface area (Å²) in [6.07, 6.45) is 4.61. The quantitative estimate of drug-likeness (QED) is 0.529. The molecule has 3 aromatic rings. The smallest absolute Gasteiger partial charge is 0.273 e. The van der Waals surface area contributed by atoms with Gasteiger partial charge >= 0.3 is 0 Å². The summed E-state index contributed by atoms with van der Waals surface area (Å²) >= 11 is 5.78. The standard InChI is InChI=1S/C24H21ClFN3O4/c25-18-8-7-17(11-19(18)26)33-21-10-14(3-4-15(21)12-29-9-1-2-22(29)30)24-28-20(13-32-24)23(31)27-16-5-6-16/h3-4,7-8,10-11,13,16H,1-2,5-6,9,12H2,(H,27,31). The van der Waals surface area contributed by atoms with Gasteiger partial charge in [-0.1, -0.05) is 17.7 Å². The normalized spacial score (nSPS) is 15.7. The summed E-state index contributed by atoms with van der Waals surface area (Å²) < 4.78 is 25.5. The van der Waals surface area contributed by atoms with Crippen molar-refractivity contribution in [2.75, 3.05) is 6.54 Å². The number of amides is 2. The molecule has 0 atom stereocenters. The number of hydrogen-bond acceptors (Lipinski definition) is 5. The minimum Gasteiger partial charge on any atom is -0.457 e. The number of benzene rings is 2. The Morgan fingerprint density at radius 3 is 2.85 bits per heavy atom. The fraction of sp³-hybridized carbons (Fsp3) is 0.292. The molecule has 0 bridgehead atoms. The van der Waals surface area contributed by atoms with Crippen molar-refractivity contribution in [3.05, 3.63) is 64.8 Å². The summed E-state index contributed by atoms with van der Waals surface area (Å²) in [7, 11) is 0. The van der Waals surface area contributed by atoms with Crippen molar-refractivity contribution >= 4 is 23.4 Å². The number of ether oxygens (including phenoxy) is 1. The highest BCUT2D eigenvalue weighted by molar-refractivity contribution is 6.30. The van der Waals surface area contributed by atoms with Gasteiger partial charge in [0.1, 0.15) is 23.6 Å². The first-order chi connectivity index (χ1) is 16.0. The van der Waals surface area contributed by atoms with Gasteiger partial charge in [-0.25, -0.2) is 9.37 Å². The lowest BCUT2D eigenvalue weighted by molar-refractivity contribution is -0.128. The molecule has 0 radical (unpaired) electrons. The lowest BCUT2D eigenvalue weighted by Gasteiger charge is -2.19. The molecule has 1 saturated carbocycles. The van der Waals surface area contributed by atoms with Crippen LogP contribution < -0.4 is 10.1 Å². The van der Waals surface area contributed by atoms with Gasteiger partial charge < -0.3 is 19.4 Å². The van der Waals surface area contributed by atoms with Crippen molar-refractivity contribution < 1.29 is 23.1 Å². The van der Waals surface area contributed by atoms with E-state index in [0.717, 1.165) is 24.8 Å². The highest BCUT2D eigenvalue weighted by atomic mass is 35.5. The van der Waals surface area contributed by atoms with Crippen LogP contribution >= 0.6 is 11.6 Å². The second-order valence-electron chi connectivity index (χ2n) is 8.20. The molecule has 1 N–H and O–H groups in total. The fourth-order valence-corrected chi connectivity index (χ4v) is 3.77. The van der Waals surface area contributed by atoms with E-state index in [4.69, 9.17) is 20.8 Å². The van der Waals surface area contributed by atoms with Crippen LogP contribution in [0.3, 0.4) is 0 Å². The first-order valence-corrected chi connectivity index (χ1v) is 11.1. The van der Waals surface area contributed by atoms with Crippen molar-refractivity contribution in [3.8, 4) is 23.0 Å². The van der Waals surface area contributed by atoms with E-state index < -0.39 is 5.82 Å². The Bertz CT molecular complexity index is 1220. The average Bonchev–Trinajstić information content (AvgIpc) is 3.30. The second kappa shape index (κ2) is 8.86. The number of likely N-dealkylation sites (tertiary alicyclic amines) is 1. The third-order valence-electron chi connectivity index (χ3n) is 5.61. The van der Waals surface area contributed by atoms with Crippen LogP contribution in [0.2, 0.25) is 5.02 Å². The monoisotopic (exact) mass is 469 g/mol. The third-order valence-corrected chi connectivity index (χ3v) is 5.92. The largest absolute Gasteiger partial charge is 0.457 e. The Hall–Kier alpha value is -3.39. The maximum atomic E-state index is 14.0. The van der Waals surface area contributed by atoms with E-state index in [9.17, 15) is 14.0 Å². The Morgan fingerprint density at radius 2 is 2.12 bits per heavy atom. The van der Waals surface area contributed by atoms with Gasteiger partial charge in [0.25, 0.3) is 5.91 Å². The van der Waals surface area contributed by atoms with Crippen molar-refractivity contribution in [2.24, 2.45) is 0 Å². The van der Waals surface area contributed by atoms with Crippen LogP contribution in [0.5, 0.6) is 11.5 Å².